The van der Waals surface area contributed by atoms with Gasteiger partial charge >= 0.3 is 11.4 Å². The molecule has 7 N–H and O–H groups in total. The molecule has 51 heavy (non-hydrogen) atoms. The fourth-order valence-corrected chi connectivity index (χ4v) is 6.06. The SMILES string of the molecule is CCCCCCCCCCCCCCCC(=O)Nc1ccn([C@@H]2O[C@H](CO)[C@@H](O)[C@@H]2C#N)c(=O)n1.Nc1ncn([C@H]2C[C@H](O)[C@@H](CO)O2)c(=O)n1. The number of hydrogen-bond donors (Lipinski definition) is 6. The van der Waals surface area contributed by atoms with E-state index in [1.165, 1.54) is 82.8 Å². The Labute approximate surface area is 297 Å². The van der Waals surface area contributed by atoms with Crippen molar-refractivity contribution in [3.05, 3.63) is 39.6 Å². The van der Waals surface area contributed by atoms with E-state index in [0.29, 0.717) is 6.42 Å². The minimum Gasteiger partial charge on any atom is -0.394 e. The number of amides is 1. The summed E-state index contributed by atoms with van der Waals surface area (Å²) in [5.41, 5.74) is 3.94. The van der Waals surface area contributed by atoms with Gasteiger partial charge in [-0.3, -0.25) is 13.9 Å². The van der Waals surface area contributed by atoms with Crippen LogP contribution in [-0.4, -0.2) is 88.0 Å². The summed E-state index contributed by atoms with van der Waals surface area (Å²) in [5, 5.41) is 49.7. The number of unbranched alkanes of at least 4 members (excludes halogenated alkanes) is 12. The van der Waals surface area contributed by atoms with Gasteiger partial charge in [0.1, 0.15) is 42.6 Å². The lowest BCUT2D eigenvalue weighted by atomic mass is 10.0. The minimum atomic E-state index is -1.21. The van der Waals surface area contributed by atoms with E-state index in [0.717, 1.165) is 28.4 Å². The summed E-state index contributed by atoms with van der Waals surface area (Å²) >= 11 is 0. The number of ether oxygens (including phenoxy) is 2. The van der Waals surface area contributed by atoms with Crippen molar-refractivity contribution in [2.45, 2.75) is 140 Å². The van der Waals surface area contributed by atoms with Gasteiger partial charge in [0, 0.05) is 19.0 Å². The molecule has 0 spiro atoms. The summed E-state index contributed by atoms with van der Waals surface area (Å²) in [5.74, 6) is -1.18. The number of aliphatic hydroxyl groups is 4. The molecule has 0 aromatic carbocycles. The molecule has 2 aliphatic heterocycles. The Balaban J connectivity index is 0.000000362. The normalized spacial score (nSPS) is 24.1. The highest BCUT2D eigenvalue weighted by atomic mass is 16.5. The number of carbonyl (C=O) groups excluding carboxylic acids is 1. The number of aromatic nitrogens is 5. The van der Waals surface area contributed by atoms with E-state index in [9.17, 15) is 35.0 Å². The molecule has 0 saturated carbocycles. The molecule has 4 heterocycles. The number of carbonyl (C=O) groups is 1. The Morgan fingerprint density at radius 3 is 2.04 bits per heavy atom. The molecule has 2 aromatic heterocycles. The molecule has 2 fully saturated rings. The van der Waals surface area contributed by atoms with Crippen LogP contribution in [0.2, 0.25) is 0 Å². The summed E-state index contributed by atoms with van der Waals surface area (Å²) in [6.45, 7) is 1.47. The standard InChI is InChI=1S/C26H42N4O5.C8H12N4O4/c1-2-3-4-5-6-7-8-9-10-11-12-13-14-15-23(32)28-22-16-17-30(26(34)29-22)25-20(18-27)24(33)21(19-31)35-25;9-7-10-3-12(8(15)11-7)6-1-4(14)5(2-13)16-6/h16-17,20-21,24-25,31,33H,2-15,19H2,1H3,(H,28,29,32,34);3-6,13-14H,1-2H2,(H2,9,11,15)/t20-,21+,24-,25+;4-,5+,6+/m00/s1. The summed E-state index contributed by atoms with van der Waals surface area (Å²) in [6.07, 6.45) is 13.9. The number of rotatable bonds is 19. The molecule has 0 bridgehead atoms. The van der Waals surface area contributed by atoms with Gasteiger partial charge in [-0.2, -0.15) is 15.2 Å². The molecule has 284 valence electrons. The summed E-state index contributed by atoms with van der Waals surface area (Å²) in [7, 11) is 0. The van der Waals surface area contributed by atoms with Crippen molar-refractivity contribution in [3.8, 4) is 6.07 Å². The lowest BCUT2D eigenvalue weighted by Gasteiger charge is -2.16. The molecule has 17 heteroatoms. The van der Waals surface area contributed by atoms with Crippen molar-refractivity contribution in [3.63, 3.8) is 0 Å². The Kier molecular flexibility index (Phi) is 18.1. The fraction of sp³-hybridized carbons (Fsp3) is 0.735. The van der Waals surface area contributed by atoms with E-state index >= 15 is 0 Å². The van der Waals surface area contributed by atoms with Gasteiger partial charge < -0.3 is 41.0 Å². The predicted molar refractivity (Wildman–Crippen MR) is 186 cm³/mol. The molecule has 7 atom stereocenters. The minimum absolute atomic E-state index is 0.112. The topological polar surface area (TPSA) is 261 Å². The zero-order chi connectivity index (χ0) is 37.2. The van der Waals surface area contributed by atoms with Gasteiger partial charge in [-0.05, 0) is 12.5 Å². The van der Waals surface area contributed by atoms with Crippen LogP contribution in [0.5, 0.6) is 0 Å². The lowest BCUT2D eigenvalue weighted by molar-refractivity contribution is -0.116. The first-order valence-corrected chi connectivity index (χ1v) is 18.0. The fourth-order valence-electron chi connectivity index (χ4n) is 6.06. The third-order valence-electron chi connectivity index (χ3n) is 9.02. The molecule has 2 saturated heterocycles. The number of aliphatic hydroxyl groups excluding tert-OH is 4. The Morgan fingerprint density at radius 1 is 0.922 bits per heavy atom. The molecular weight excluding hydrogens is 664 g/mol. The van der Waals surface area contributed by atoms with Gasteiger partial charge in [-0.1, -0.05) is 84.0 Å². The van der Waals surface area contributed by atoms with Gasteiger partial charge in [-0.15, -0.1) is 0 Å². The highest BCUT2D eigenvalue weighted by Gasteiger charge is 2.45. The van der Waals surface area contributed by atoms with E-state index < -0.39 is 60.8 Å². The highest BCUT2D eigenvalue weighted by molar-refractivity contribution is 5.89. The number of hydrogen-bond acceptors (Lipinski definition) is 14. The summed E-state index contributed by atoms with van der Waals surface area (Å²) in [6, 6.07) is 3.37. The molecule has 0 radical (unpaired) electrons. The van der Waals surface area contributed by atoms with Crippen LogP contribution in [0, 0.1) is 17.2 Å². The average molecular weight is 719 g/mol. The second-order valence-electron chi connectivity index (χ2n) is 13.0. The highest BCUT2D eigenvalue weighted by Crippen LogP contribution is 2.33. The maximum Gasteiger partial charge on any atom is 0.354 e. The van der Waals surface area contributed by atoms with Crippen LogP contribution in [0.15, 0.2) is 28.2 Å². The quantitative estimate of drug-likeness (QED) is 0.113. The molecule has 0 unspecified atom stereocenters. The maximum atomic E-state index is 12.4. The number of nitrogen functional groups attached to an aromatic ring is 1. The number of nitrogens with zero attached hydrogens (tertiary/aromatic N) is 6. The maximum absolute atomic E-state index is 12.4. The van der Waals surface area contributed by atoms with Crippen LogP contribution >= 0.6 is 0 Å². The van der Waals surface area contributed by atoms with Gasteiger partial charge in [0.05, 0.1) is 25.4 Å². The van der Waals surface area contributed by atoms with E-state index in [-0.39, 0.29) is 30.7 Å². The van der Waals surface area contributed by atoms with Crippen molar-refractivity contribution in [2.24, 2.45) is 5.92 Å². The Bertz CT molecular complexity index is 1500. The van der Waals surface area contributed by atoms with Crippen molar-refractivity contribution in [2.75, 3.05) is 24.3 Å². The van der Waals surface area contributed by atoms with Crippen molar-refractivity contribution in [1.82, 2.24) is 24.1 Å². The molecular formula is C34H54N8O9. The van der Waals surface area contributed by atoms with Crippen molar-refractivity contribution >= 4 is 17.7 Å². The molecule has 2 aromatic rings. The van der Waals surface area contributed by atoms with Crippen LogP contribution in [0.3, 0.4) is 0 Å². The zero-order valence-corrected chi connectivity index (χ0v) is 29.4. The molecule has 2 aliphatic rings. The van der Waals surface area contributed by atoms with Crippen molar-refractivity contribution in [1.29, 1.82) is 5.26 Å². The van der Waals surface area contributed by atoms with Crippen molar-refractivity contribution < 1.29 is 34.7 Å². The molecule has 1 amide bonds. The average Bonchev–Trinajstić information content (AvgIpc) is 3.64. The van der Waals surface area contributed by atoms with Crippen LogP contribution in [0.4, 0.5) is 11.8 Å². The predicted octanol–water partition coefficient (Wildman–Crippen LogP) is 1.91. The third-order valence-corrected chi connectivity index (χ3v) is 9.02. The summed E-state index contributed by atoms with van der Waals surface area (Å²) < 4.78 is 13.0. The Hall–Kier alpha value is -3.79. The van der Waals surface area contributed by atoms with Gasteiger partial charge in [0.25, 0.3) is 0 Å². The van der Waals surface area contributed by atoms with Crippen LogP contribution in [-0.2, 0) is 14.3 Å². The first kappa shape index (κ1) is 41.6. The largest absolute Gasteiger partial charge is 0.394 e. The van der Waals surface area contributed by atoms with Gasteiger partial charge in [0.15, 0.2) is 6.23 Å². The number of nitrogens with two attached hydrogens (primary N) is 1. The number of nitriles is 1. The second-order valence-corrected chi connectivity index (χ2v) is 13.0. The summed E-state index contributed by atoms with van der Waals surface area (Å²) in [4.78, 5) is 47.0. The molecule has 4 rings (SSSR count). The van der Waals surface area contributed by atoms with Crippen LogP contribution < -0.4 is 22.4 Å². The first-order valence-electron chi connectivity index (χ1n) is 18.0. The van der Waals surface area contributed by atoms with Crippen LogP contribution in [0.25, 0.3) is 0 Å². The second kappa shape index (κ2) is 22.2. The Morgan fingerprint density at radius 2 is 1.51 bits per heavy atom. The van der Waals surface area contributed by atoms with E-state index in [1.807, 2.05) is 6.07 Å². The lowest BCUT2D eigenvalue weighted by Crippen LogP contribution is -2.32. The zero-order valence-electron chi connectivity index (χ0n) is 29.4. The van der Waals surface area contributed by atoms with E-state index in [2.05, 4.69) is 27.2 Å². The molecule has 17 nitrogen and oxygen atoms in total. The van der Waals surface area contributed by atoms with Crippen LogP contribution in [0.1, 0.15) is 116 Å². The smallest absolute Gasteiger partial charge is 0.354 e. The molecule has 0 aliphatic carbocycles. The van der Waals surface area contributed by atoms with Gasteiger partial charge in [-0.25, -0.2) is 14.6 Å². The number of nitrogens with one attached hydrogen (secondary N) is 1. The van der Waals surface area contributed by atoms with E-state index in [4.69, 9.17) is 20.3 Å². The van der Waals surface area contributed by atoms with E-state index in [1.54, 1.807) is 0 Å². The monoisotopic (exact) mass is 718 g/mol. The number of anilines is 2. The van der Waals surface area contributed by atoms with Gasteiger partial charge in [0.2, 0.25) is 11.9 Å². The third kappa shape index (κ3) is 13.0. The first-order chi connectivity index (χ1) is 24.6.